The molecule has 0 spiro atoms. The molecule has 1 amide bonds. The number of amides is 1. The van der Waals surface area contributed by atoms with Crippen molar-refractivity contribution in [2.75, 3.05) is 0 Å². The Hall–Kier alpha value is -2.67. The molecule has 0 radical (unpaired) electrons. The van der Waals surface area contributed by atoms with Gasteiger partial charge < -0.3 is 5.32 Å². The van der Waals surface area contributed by atoms with Crippen LogP contribution in [-0.2, 0) is 4.79 Å². The Morgan fingerprint density at radius 1 is 1.22 bits per heavy atom. The summed E-state index contributed by atoms with van der Waals surface area (Å²) >= 11 is 0. The second-order valence-electron chi connectivity index (χ2n) is 6.34. The molecule has 3 nitrogen and oxygen atoms in total. The van der Waals surface area contributed by atoms with Gasteiger partial charge in [0.15, 0.2) is 0 Å². The summed E-state index contributed by atoms with van der Waals surface area (Å²) in [5.74, 6) is 4.66. The van der Waals surface area contributed by atoms with E-state index in [2.05, 4.69) is 22.1 Å². The second-order valence-corrected chi connectivity index (χ2v) is 6.34. The molecule has 1 unspecified atom stereocenters. The van der Waals surface area contributed by atoms with Crippen LogP contribution >= 0.6 is 0 Å². The van der Waals surface area contributed by atoms with Crippen molar-refractivity contribution in [1.29, 1.82) is 0 Å². The zero-order chi connectivity index (χ0) is 16.4. The van der Waals surface area contributed by atoms with Crippen LogP contribution in [0.5, 0.6) is 0 Å². The maximum Gasteiger partial charge on any atom is 0.229 e. The van der Waals surface area contributed by atoms with E-state index >= 15 is 0 Å². The molecule has 1 aromatic heterocycles. The van der Waals surface area contributed by atoms with Gasteiger partial charge in [-0.2, -0.15) is 0 Å². The smallest absolute Gasteiger partial charge is 0.229 e. The van der Waals surface area contributed by atoms with Gasteiger partial charge in [-0.15, -0.1) is 0 Å². The number of pyridine rings is 1. The zero-order valence-electron chi connectivity index (χ0n) is 13.1. The first-order valence-corrected chi connectivity index (χ1v) is 7.49. The predicted molar refractivity (Wildman–Crippen MR) is 86.2 cm³/mol. The quantitative estimate of drug-likeness (QED) is 0.823. The predicted octanol–water partition coefficient (Wildman–Crippen LogP) is 3.00. The third-order valence-corrected chi connectivity index (χ3v) is 3.82. The largest absolute Gasteiger partial charge is 0.351 e. The van der Waals surface area contributed by atoms with E-state index in [9.17, 15) is 9.18 Å². The molecule has 23 heavy (non-hydrogen) atoms. The van der Waals surface area contributed by atoms with E-state index in [-0.39, 0.29) is 17.1 Å². The molecule has 1 fully saturated rings. The third kappa shape index (κ3) is 3.40. The lowest BCUT2D eigenvalue weighted by molar-refractivity contribution is -0.121. The fourth-order valence-corrected chi connectivity index (χ4v) is 2.73. The Morgan fingerprint density at radius 3 is 2.52 bits per heavy atom. The first kappa shape index (κ1) is 15.2. The summed E-state index contributed by atoms with van der Waals surface area (Å²) in [5, 5.41) is 2.86. The van der Waals surface area contributed by atoms with Crippen LogP contribution in [0.1, 0.15) is 43.0 Å². The van der Waals surface area contributed by atoms with Crippen LogP contribution in [0.15, 0.2) is 42.6 Å². The molecule has 0 bridgehead atoms. The van der Waals surface area contributed by atoms with Crippen LogP contribution in [-0.4, -0.2) is 16.4 Å². The lowest BCUT2D eigenvalue weighted by Gasteiger charge is -2.16. The summed E-state index contributed by atoms with van der Waals surface area (Å²) in [5.41, 5.74) is 1.21. The SMILES string of the molecule is CC1(C)CC(c2ncc(C#Cc3ccccc3)cc2F)C(=O)N1. The normalized spacial score (nSPS) is 18.9. The molecule has 1 aliphatic rings. The van der Waals surface area contributed by atoms with Gasteiger partial charge >= 0.3 is 0 Å². The van der Waals surface area contributed by atoms with Crippen molar-refractivity contribution < 1.29 is 9.18 Å². The van der Waals surface area contributed by atoms with Crippen molar-refractivity contribution in [3.05, 3.63) is 65.2 Å². The van der Waals surface area contributed by atoms with Crippen molar-refractivity contribution in [3.63, 3.8) is 0 Å². The molecule has 1 aliphatic heterocycles. The van der Waals surface area contributed by atoms with Crippen LogP contribution in [0.2, 0.25) is 0 Å². The number of aromatic nitrogens is 1. The highest BCUT2D eigenvalue weighted by Crippen LogP contribution is 2.32. The lowest BCUT2D eigenvalue weighted by Crippen LogP contribution is -2.34. The summed E-state index contributed by atoms with van der Waals surface area (Å²) in [7, 11) is 0. The molecular weight excluding hydrogens is 291 g/mol. The molecule has 1 aromatic carbocycles. The van der Waals surface area contributed by atoms with Gasteiger partial charge in [0.05, 0.1) is 11.6 Å². The minimum Gasteiger partial charge on any atom is -0.351 e. The topological polar surface area (TPSA) is 42.0 Å². The number of rotatable bonds is 1. The molecule has 0 aliphatic carbocycles. The molecule has 1 atom stereocenters. The number of hydrogen-bond acceptors (Lipinski definition) is 2. The minimum absolute atomic E-state index is 0.176. The fourth-order valence-electron chi connectivity index (χ4n) is 2.73. The van der Waals surface area contributed by atoms with E-state index in [1.165, 1.54) is 12.3 Å². The van der Waals surface area contributed by atoms with E-state index in [1.54, 1.807) is 0 Å². The molecule has 2 aromatic rings. The molecule has 116 valence electrons. The highest BCUT2D eigenvalue weighted by molar-refractivity contribution is 5.86. The maximum atomic E-state index is 14.3. The number of nitrogens with one attached hydrogen (secondary N) is 1. The number of hydrogen-bond donors (Lipinski definition) is 1. The fraction of sp³-hybridized carbons (Fsp3) is 0.263. The Bertz CT molecular complexity index is 803. The number of carbonyl (C=O) groups excluding carboxylic acids is 1. The summed E-state index contributed by atoms with van der Waals surface area (Å²) in [6, 6.07) is 10.8. The third-order valence-electron chi connectivity index (χ3n) is 3.82. The van der Waals surface area contributed by atoms with Crippen molar-refractivity contribution in [2.45, 2.75) is 31.7 Å². The van der Waals surface area contributed by atoms with Crippen LogP contribution in [0.4, 0.5) is 4.39 Å². The minimum atomic E-state index is -0.541. The first-order chi connectivity index (χ1) is 10.9. The van der Waals surface area contributed by atoms with E-state index < -0.39 is 11.7 Å². The standard InChI is InChI=1S/C19H17FN2O/c1-19(2)11-15(18(23)22-19)17-16(20)10-14(12-21-17)9-8-13-6-4-3-5-7-13/h3-7,10,12,15H,11H2,1-2H3,(H,22,23). The van der Waals surface area contributed by atoms with E-state index in [0.29, 0.717) is 12.0 Å². The molecule has 4 heteroatoms. The van der Waals surface area contributed by atoms with Gasteiger partial charge in [-0.05, 0) is 38.5 Å². The van der Waals surface area contributed by atoms with Gasteiger partial charge in [0.1, 0.15) is 5.82 Å². The average Bonchev–Trinajstić information content (AvgIpc) is 2.79. The molecule has 0 saturated carbocycles. The molecule has 2 heterocycles. The number of halogens is 1. The lowest BCUT2D eigenvalue weighted by atomic mass is 9.93. The summed E-state index contributed by atoms with van der Waals surface area (Å²) in [4.78, 5) is 16.1. The highest BCUT2D eigenvalue weighted by atomic mass is 19.1. The van der Waals surface area contributed by atoms with Crippen LogP contribution < -0.4 is 5.32 Å². The van der Waals surface area contributed by atoms with Gasteiger partial charge in [-0.1, -0.05) is 30.0 Å². The van der Waals surface area contributed by atoms with Crippen LogP contribution in [0.25, 0.3) is 0 Å². The summed E-state index contributed by atoms with van der Waals surface area (Å²) in [6.07, 6.45) is 2.05. The highest BCUT2D eigenvalue weighted by Gasteiger charge is 2.40. The maximum absolute atomic E-state index is 14.3. The van der Waals surface area contributed by atoms with E-state index in [0.717, 1.165) is 5.56 Å². The van der Waals surface area contributed by atoms with Crippen molar-refractivity contribution in [2.24, 2.45) is 0 Å². The zero-order valence-corrected chi connectivity index (χ0v) is 13.1. The van der Waals surface area contributed by atoms with Crippen molar-refractivity contribution in [3.8, 4) is 11.8 Å². The molecule has 1 N–H and O–H groups in total. The van der Waals surface area contributed by atoms with Gasteiger partial charge in [0, 0.05) is 22.9 Å². The van der Waals surface area contributed by atoms with Gasteiger partial charge in [0.2, 0.25) is 5.91 Å². The molecule has 3 rings (SSSR count). The number of benzene rings is 1. The van der Waals surface area contributed by atoms with Crippen molar-refractivity contribution >= 4 is 5.91 Å². The Kier molecular flexibility index (Phi) is 3.87. The van der Waals surface area contributed by atoms with Gasteiger partial charge in [0.25, 0.3) is 0 Å². The van der Waals surface area contributed by atoms with Crippen LogP contribution in [0, 0.1) is 17.7 Å². The average molecular weight is 308 g/mol. The Balaban J connectivity index is 1.85. The summed E-state index contributed by atoms with van der Waals surface area (Å²) in [6.45, 7) is 3.84. The summed E-state index contributed by atoms with van der Waals surface area (Å²) < 4.78 is 14.3. The second kappa shape index (κ2) is 5.85. The Labute approximate surface area is 134 Å². The van der Waals surface area contributed by atoms with Crippen molar-refractivity contribution in [1.82, 2.24) is 10.3 Å². The molecule has 1 saturated heterocycles. The van der Waals surface area contributed by atoms with Gasteiger partial charge in [-0.3, -0.25) is 9.78 Å². The van der Waals surface area contributed by atoms with E-state index in [4.69, 9.17) is 0 Å². The Morgan fingerprint density at radius 2 is 1.91 bits per heavy atom. The van der Waals surface area contributed by atoms with E-state index in [1.807, 2.05) is 44.2 Å². The van der Waals surface area contributed by atoms with Gasteiger partial charge in [-0.25, -0.2) is 4.39 Å². The number of carbonyl (C=O) groups is 1. The number of nitrogens with zero attached hydrogens (tertiary/aromatic N) is 1. The van der Waals surface area contributed by atoms with Crippen LogP contribution in [0.3, 0.4) is 0 Å². The monoisotopic (exact) mass is 308 g/mol. The first-order valence-electron chi connectivity index (χ1n) is 7.49. The molecular formula is C19H17FN2O.